The first-order valence-electron chi connectivity index (χ1n) is 4.77. The van der Waals surface area contributed by atoms with Crippen LogP contribution in [0.1, 0.15) is 6.92 Å². The molecule has 1 amide bonds. The van der Waals surface area contributed by atoms with Crippen LogP contribution in [-0.2, 0) is 14.3 Å². The number of anilines is 1. The molecule has 0 unspecified atom stereocenters. The number of nitrogens with zero attached hydrogens (tertiary/aromatic N) is 1. The number of rotatable bonds is 3. The molecule has 0 bridgehead atoms. The van der Waals surface area contributed by atoms with Crippen molar-refractivity contribution in [3.05, 3.63) is 34.4 Å². The third-order valence-corrected chi connectivity index (χ3v) is 1.78. The SMILES string of the molecule is CCOC(=O)C(=O)Nc1cccc([N+](=O)[O-])c1. The van der Waals surface area contributed by atoms with Gasteiger partial charge in [0.1, 0.15) is 0 Å². The zero-order valence-corrected chi connectivity index (χ0v) is 9.00. The van der Waals surface area contributed by atoms with Gasteiger partial charge in [0.05, 0.1) is 11.5 Å². The number of hydrogen-bond donors (Lipinski definition) is 1. The molecule has 1 aromatic rings. The molecular weight excluding hydrogens is 228 g/mol. The van der Waals surface area contributed by atoms with Crippen LogP contribution < -0.4 is 5.32 Å². The van der Waals surface area contributed by atoms with Crippen LogP contribution in [0.4, 0.5) is 11.4 Å². The summed E-state index contributed by atoms with van der Waals surface area (Å²) in [5, 5.41) is 12.7. The molecular formula is C10H10N2O5. The first-order valence-corrected chi connectivity index (χ1v) is 4.77. The molecule has 0 fully saturated rings. The molecule has 0 aromatic heterocycles. The van der Waals surface area contributed by atoms with Crippen molar-refractivity contribution in [1.29, 1.82) is 0 Å². The molecule has 1 N–H and O–H groups in total. The standard InChI is InChI=1S/C10H10N2O5/c1-2-17-10(14)9(13)11-7-4-3-5-8(6-7)12(15)16/h3-6H,2H2,1H3,(H,11,13). The Morgan fingerprint density at radius 2 is 2.18 bits per heavy atom. The lowest BCUT2D eigenvalue weighted by molar-refractivity contribution is -0.384. The predicted molar refractivity (Wildman–Crippen MR) is 58.4 cm³/mol. The quantitative estimate of drug-likeness (QED) is 0.368. The first kappa shape index (κ1) is 12.6. The van der Waals surface area contributed by atoms with Crippen LogP contribution in [-0.4, -0.2) is 23.4 Å². The topological polar surface area (TPSA) is 98.5 Å². The molecule has 7 nitrogen and oxygen atoms in total. The Labute approximate surface area is 96.5 Å². The fourth-order valence-electron chi connectivity index (χ4n) is 1.08. The zero-order valence-electron chi connectivity index (χ0n) is 9.00. The molecule has 0 heterocycles. The summed E-state index contributed by atoms with van der Waals surface area (Å²) in [6, 6.07) is 5.26. The first-order chi connectivity index (χ1) is 8.04. The monoisotopic (exact) mass is 238 g/mol. The van der Waals surface area contributed by atoms with Gasteiger partial charge in [-0.15, -0.1) is 0 Å². The maximum absolute atomic E-state index is 11.2. The number of non-ortho nitro benzene ring substituents is 1. The van der Waals surface area contributed by atoms with Gasteiger partial charge >= 0.3 is 11.9 Å². The minimum atomic E-state index is -1.03. The lowest BCUT2D eigenvalue weighted by atomic mass is 10.3. The van der Waals surface area contributed by atoms with Gasteiger partial charge in [0, 0.05) is 17.8 Å². The van der Waals surface area contributed by atoms with Crippen molar-refractivity contribution in [2.75, 3.05) is 11.9 Å². The van der Waals surface area contributed by atoms with Gasteiger partial charge in [-0.3, -0.25) is 14.9 Å². The van der Waals surface area contributed by atoms with Crippen molar-refractivity contribution in [2.45, 2.75) is 6.92 Å². The van der Waals surface area contributed by atoms with Gasteiger partial charge in [0.2, 0.25) is 0 Å². The predicted octanol–water partition coefficient (Wildman–Crippen LogP) is 1.10. The third-order valence-electron chi connectivity index (χ3n) is 1.78. The minimum Gasteiger partial charge on any atom is -0.459 e. The van der Waals surface area contributed by atoms with E-state index in [-0.39, 0.29) is 18.0 Å². The number of amides is 1. The molecule has 0 aliphatic heterocycles. The van der Waals surface area contributed by atoms with Crippen LogP contribution in [0.5, 0.6) is 0 Å². The number of nitrogens with one attached hydrogen (secondary N) is 1. The second-order valence-electron chi connectivity index (χ2n) is 2.98. The molecule has 7 heteroatoms. The van der Waals surface area contributed by atoms with Gasteiger partial charge in [-0.25, -0.2) is 4.79 Å². The van der Waals surface area contributed by atoms with Crippen LogP contribution >= 0.6 is 0 Å². The van der Waals surface area contributed by atoms with E-state index in [2.05, 4.69) is 10.1 Å². The molecule has 1 aromatic carbocycles. The van der Waals surface area contributed by atoms with Crippen molar-refractivity contribution in [3.63, 3.8) is 0 Å². The van der Waals surface area contributed by atoms with Crippen molar-refractivity contribution in [2.24, 2.45) is 0 Å². The van der Waals surface area contributed by atoms with Crippen molar-refractivity contribution in [1.82, 2.24) is 0 Å². The van der Waals surface area contributed by atoms with Crippen molar-refractivity contribution in [3.8, 4) is 0 Å². The highest BCUT2D eigenvalue weighted by atomic mass is 16.6. The molecule has 0 spiro atoms. The Morgan fingerprint density at radius 1 is 1.47 bits per heavy atom. The van der Waals surface area contributed by atoms with E-state index in [1.165, 1.54) is 18.2 Å². The fourth-order valence-corrected chi connectivity index (χ4v) is 1.08. The zero-order chi connectivity index (χ0) is 12.8. The fraction of sp³-hybridized carbons (Fsp3) is 0.200. The molecule has 0 saturated heterocycles. The molecule has 90 valence electrons. The van der Waals surface area contributed by atoms with E-state index in [0.29, 0.717) is 0 Å². The molecule has 0 atom stereocenters. The lowest BCUT2D eigenvalue weighted by Gasteiger charge is -2.03. The largest absolute Gasteiger partial charge is 0.459 e. The number of benzene rings is 1. The van der Waals surface area contributed by atoms with Gasteiger partial charge in [-0.05, 0) is 13.0 Å². The van der Waals surface area contributed by atoms with Gasteiger partial charge in [0.25, 0.3) is 5.69 Å². The normalized spacial score (nSPS) is 9.47. The number of nitro benzene ring substituents is 1. The summed E-state index contributed by atoms with van der Waals surface area (Å²) in [5.41, 5.74) is -0.0103. The van der Waals surface area contributed by atoms with E-state index in [1.807, 2.05) is 0 Å². The second-order valence-corrected chi connectivity index (χ2v) is 2.98. The summed E-state index contributed by atoms with van der Waals surface area (Å²) in [5.74, 6) is -1.99. The Bertz CT molecular complexity index is 458. The van der Waals surface area contributed by atoms with E-state index in [0.717, 1.165) is 6.07 Å². The molecule has 0 radical (unpaired) electrons. The van der Waals surface area contributed by atoms with Crippen LogP contribution in [0.25, 0.3) is 0 Å². The number of nitro groups is 1. The van der Waals surface area contributed by atoms with E-state index in [4.69, 9.17) is 0 Å². The number of ether oxygens (including phenoxy) is 1. The summed E-state index contributed by atoms with van der Waals surface area (Å²) < 4.78 is 4.47. The number of carbonyl (C=O) groups is 2. The lowest BCUT2D eigenvalue weighted by Crippen LogP contribution is -2.24. The number of esters is 1. The van der Waals surface area contributed by atoms with E-state index >= 15 is 0 Å². The summed E-state index contributed by atoms with van der Waals surface area (Å²) in [6.45, 7) is 1.65. The van der Waals surface area contributed by atoms with Gasteiger partial charge in [0.15, 0.2) is 0 Å². The minimum absolute atomic E-state index is 0.0845. The number of hydrogen-bond acceptors (Lipinski definition) is 5. The van der Waals surface area contributed by atoms with Gasteiger partial charge in [-0.2, -0.15) is 0 Å². The maximum atomic E-state index is 11.2. The smallest absolute Gasteiger partial charge is 0.397 e. The summed E-state index contributed by atoms with van der Waals surface area (Å²) in [7, 11) is 0. The third kappa shape index (κ3) is 3.56. The van der Waals surface area contributed by atoms with Crippen LogP contribution in [0.2, 0.25) is 0 Å². The average Bonchev–Trinajstić information content (AvgIpc) is 2.29. The second kappa shape index (κ2) is 5.59. The van der Waals surface area contributed by atoms with Crippen LogP contribution in [0.3, 0.4) is 0 Å². The van der Waals surface area contributed by atoms with Gasteiger partial charge < -0.3 is 10.1 Å². The Balaban J connectivity index is 2.75. The van der Waals surface area contributed by atoms with E-state index < -0.39 is 16.8 Å². The summed E-state index contributed by atoms with van der Waals surface area (Å²) >= 11 is 0. The van der Waals surface area contributed by atoms with E-state index in [9.17, 15) is 19.7 Å². The summed E-state index contributed by atoms with van der Waals surface area (Å²) in [6.07, 6.45) is 0. The summed E-state index contributed by atoms with van der Waals surface area (Å²) in [4.78, 5) is 32.1. The number of carbonyl (C=O) groups excluding carboxylic acids is 2. The molecule has 0 aliphatic carbocycles. The Kier molecular flexibility index (Phi) is 4.15. The van der Waals surface area contributed by atoms with E-state index in [1.54, 1.807) is 6.92 Å². The Morgan fingerprint density at radius 3 is 2.76 bits per heavy atom. The highest BCUT2D eigenvalue weighted by Gasteiger charge is 2.15. The van der Waals surface area contributed by atoms with Crippen LogP contribution in [0, 0.1) is 10.1 Å². The molecule has 1 rings (SSSR count). The van der Waals surface area contributed by atoms with Gasteiger partial charge in [-0.1, -0.05) is 6.07 Å². The average molecular weight is 238 g/mol. The highest BCUT2D eigenvalue weighted by Crippen LogP contribution is 2.16. The maximum Gasteiger partial charge on any atom is 0.397 e. The van der Waals surface area contributed by atoms with Crippen LogP contribution in [0.15, 0.2) is 24.3 Å². The Hall–Kier alpha value is -2.44. The van der Waals surface area contributed by atoms with Crippen molar-refractivity contribution >= 4 is 23.3 Å². The molecule has 17 heavy (non-hydrogen) atoms. The molecule has 0 saturated carbocycles. The highest BCUT2D eigenvalue weighted by molar-refractivity contribution is 6.37. The van der Waals surface area contributed by atoms with Crippen molar-refractivity contribution < 1.29 is 19.2 Å². The molecule has 0 aliphatic rings.